The van der Waals surface area contributed by atoms with Gasteiger partial charge in [-0.3, -0.25) is 9.59 Å². The Balaban J connectivity index is 1.96. The molecule has 0 aliphatic heterocycles. The van der Waals surface area contributed by atoms with Gasteiger partial charge >= 0.3 is 5.97 Å². The van der Waals surface area contributed by atoms with Crippen molar-refractivity contribution in [3.05, 3.63) is 35.4 Å². The van der Waals surface area contributed by atoms with E-state index >= 15 is 0 Å². The molecule has 2 atom stereocenters. The molecule has 0 bridgehead atoms. The summed E-state index contributed by atoms with van der Waals surface area (Å²) >= 11 is 0. The predicted molar refractivity (Wildman–Crippen MR) is 81.4 cm³/mol. The van der Waals surface area contributed by atoms with Crippen molar-refractivity contribution in [2.45, 2.75) is 51.5 Å². The average Bonchev–Trinajstić information content (AvgIpc) is 2.47. The lowest BCUT2D eigenvalue weighted by Gasteiger charge is -2.27. The van der Waals surface area contributed by atoms with Gasteiger partial charge < -0.3 is 10.4 Å². The molecule has 2 rings (SSSR count). The molecule has 1 saturated carbocycles. The minimum absolute atomic E-state index is 0.0304. The smallest absolute Gasteiger partial charge is 0.306 e. The highest BCUT2D eigenvalue weighted by molar-refractivity contribution is 5.94. The molecule has 4 nitrogen and oxygen atoms in total. The van der Waals surface area contributed by atoms with Gasteiger partial charge in [-0.2, -0.15) is 0 Å². The van der Waals surface area contributed by atoms with E-state index in [1.54, 1.807) is 0 Å². The van der Waals surface area contributed by atoms with Gasteiger partial charge in [0.25, 0.3) is 5.91 Å². The minimum atomic E-state index is -0.754. The molecule has 1 aliphatic carbocycles. The standard InChI is InChI=1S/C17H23NO3/c1-11(2)12-6-8-13(9-7-12)16(19)18-15-5-3-4-14(10-15)17(20)21/h6-9,11,14-15H,3-5,10H2,1-2H3,(H,18,19)(H,20,21). The van der Waals surface area contributed by atoms with Crippen LogP contribution in [-0.2, 0) is 4.79 Å². The normalized spacial score (nSPS) is 22.0. The Bertz CT molecular complexity index is 507. The fourth-order valence-electron chi connectivity index (χ4n) is 2.83. The number of carbonyl (C=O) groups is 2. The molecule has 2 unspecified atom stereocenters. The van der Waals surface area contributed by atoms with Crippen molar-refractivity contribution in [2.75, 3.05) is 0 Å². The summed E-state index contributed by atoms with van der Waals surface area (Å²) in [5.41, 5.74) is 1.84. The fraction of sp³-hybridized carbons (Fsp3) is 0.529. The quantitative estimate of drug-likeness (QED) is 0.894. The van der Waals surface area contributed by atoms with Crippen molar-refractivity contribution in [3.8, 4) is 0 Å². The van der Waals surface area contributed by atoms with Crippen LogP contribution in [0.2, 0.25) is 0 Å². The van der Waals surface area contributed by atoms with Crippen LogP contribution in [0.25, 0.3) is 0 Å². The summed E-state index contributed by atoms with van der Waals surface area (Å²) in [6, 6.07) is 7.59. The molecule has 2 N–H and O–H groups in total. The molecule has 0 aromatic heterocycles. The van der Waals surface area contributed by atoms with Crippen LogP contribution in [0.1, 0.15) is 61.4 Å². The van der Waals surface area contributed by atoms with E-state index < -0.39 is 5.97 Å². The summed E-state index contributed by atoms with van der Waals surface area (Å²) in [5.74, 6) is -0.749. The summed E-state index contributed by atoms with van der Waals surface area (Å²) in [4.78, 5) is 23.3. The zero-order valence-corrected chi connectivity index (χ0v) is 12.6. The number of carboxylic acid groups (broad SMARTS) is 1. The van der Waals surface area contributed by atoms with Gasteiger partial charge in [-0.15, -0.1) is 0 Å². The molecule has 1 aromatic carbocycles. The van der Waals surface area contributed by atoms with E-state index in [9.17, 15) is 9.59 Å². The van der Waals surface area contributed by atoms with Gasteiger partial charge in [0.1, 0.15) is 0 Å². The Morgan fingerprint density at radius 1 is 1.19 bits per heavy atom. The zero-order valence-electron chi connectivity index (χ0n) is 12.6. The highest BCUT2D eigenvalue weighted by atomic mass is 16.4. The molecule has 0 heterocycles. The lowest BCUT2D eigenvalue weighted by Crippen LogP contribution is -2.39. The second-order valence-corrected chi connectivity index (χ2v) is 6.15. The summed E-state index contributed by atoms with van der Waals surface area (Å²) in [6.07, 6.45) is 2.96. The average molecular weight is 289 g/mol. The molecule has 0 radical (unpaired) electrons. The van der Waals surface area contributed by atoms with Gasteiger partial charge in [0.15, 0.2) is 0 Å². The highest BCUT2D eigenvalue weighted by Gasteiger charge is 2.27. The number of rotatable bonds is 4. The van der Waals surface area contributed by atoms with Crippen LogP contribution in [0.3, 0.4) is 0 Å². The van der Waals surface area contributed by atoms with Crippen molar-refractivity contribution in [2.24, 2.45) is 5.92 Å². The third-order valence-corrected chi connectivity index (χ3v) is 4.20. The fourth-order valence-corrected chi connectivity index (χ4v) is 2.83. The lowest BCUT2D eigenvalue weighted by atomic mass is 9.85. The number of hydrogen-bond donors (Lipinski definition) is 2. The summed E-state index contributed by atoms with van der Waals surface area (Å²) < 4.78 is 0. The molecular weight excluding hydrogens is 266 g/mol. The number of hydrogen-bond acceptors (Lipinski definition) is 2. The molecular formula is C17H23NO3. The number of nitrogens with one attached hydrogen (secondary N) is 1. The topological polar surface area (TPSA) is 66.4 Å². The first-order chi connectivity index (χ1) is 9.97. The molecule has 1 aliphatic rings. The minimum Gasteiger partial charge on any atom is -0.481 e. The van der Waals surface area contributed by atoms with Crippen molar-refractivity contribution in [1.82, 2.24) is 5.32 Å². The van der Waals surface area contributed by atoms with Crippen LogP contribution < -0.4 is 5.32 Å². The summed E-state index contributed by atoms with van der Waals surface area (Å²) in [7, 11) is 0. The van der Waals surface area contributed by atoms with E-state index in [1.165, 1.54) is 5.56 Å². The van der Waals surface area contributed by atoms with Gasteiger partial charge in [0.2, 0.25) is 0 Å². The zero-order chi connectivity index (χ0) is 15.4. The predicted octanol–water partition coefficient (Wildman–Crippen LogP) is 3.18. The van der Waals surface area contributed by atoms with Gasteiger partial charge in [-0.1, -0.05) is 32.4 Å². The van der Waals surface area contributed by atoms with Crippen LogP contribution in [0, 0.1) is 5.92 Å². The second kappa shape index (κ2) is 6.74. The monoisotopic (exact) mass is 289 g/mol. The molecule has 1 fully saturated rings. The van der Waals surface area contributed by atoms with Crippen LogP contribution in [0.15, 0.2) is 24.3 Å². The first-order valence-corrected chi connectivity index (χ1v) is 7.61. The molecule has 0 saturated heterocycles. The molecule has 4 heteroatoms. The summed E-state index contributed by atoms with van der Waals surface area (Å²) in [6.45, 7) is 4.23. The Morgan fingerprint density at radius 2 is 1.86 bits per heavy atom. The SMILES string of the molecule is CC(C)c1ccc(C(=O)NC2CCCC(C(=O)O)C2)cc1. The first kappa shape index (κ1) is 15.5. The Labute approximate surface area is 125 Å². The van der Waals surface area contributed by atoms with Gasteiger partial charge in [0.05, 0.1) is 5.92 Å². The molecule has 0 spiro atoms. The van der Waals surface area contributed by atoms with Gasteiger partial charge in [0, 0.05) is 11.6 Å². The van der Waals surface area contributed by atoms with Crippen molar-refractivity contribution in [3.63, 3.8) is 0 Å². The third-order valence-electron chi connectivity index (χ3n) is 4.20. The number of amides is 1. The van der Waals surface area contributed by atoms with Crippen LogP contribution in [-0.4, -0.2) is 23.0 Å². The van der Waals surface area contributed by atoms with E-state index in [0.29, 0.717) is 24.3 Å². The van der Waals surface area contributed by atoms with Crippen molar-refractivity contribution in [1.29, 1.82) is 0 Å². The molecule has 1 amide bonds. The largest absolute Gasteiger partial charge is 0.481 e. The number of aliphatic carboxylic acids is 1. The lowest BCUT2D eigenvalue weighted by molar-refractivity contribution is -0.143. The molecule has 21 heavy (non-hydrogen) atoms. The van der Waals surface area contributed by atoms with E-state index in [4.69, 9.17) is 5.11 Å². The van der Waals surface area contributed by atoms with E-state index in [2.05, 4.69) is 19.2 Å². The Hall–Kier alpha value is -1.84. The number of benzene rings is 1. The van der Waals surface area contributed by atoms with Crippen molar-refractivity contribution < 1.29 is 14.7 Å². The van der Waals surface area contributed by atoms with E-state index in [1.807, 2.05) is 24.3 Å². The number of carbonyl (C=O) groups excluding carboxylic acids is 1. The van der Waals surface area contributed by atoms with E-state index in [-0.39, 0.29) is 17.9 Å². The summed E-state index contributed by atoms with van der Waals surface area (Å²) in [5, 5.41) is 12.0. The molecule has 114 valence electrons. The maximum absolute atomic E-state index is 12.2. The van der Waals surface area contributed by atoms with E-state index in [0.717, 1.165) is 12.8 Å². The van der Waals surface area contributed by atoms with Gasteiger partial charge in [-0.05, 0) is 42.9 Å². The van der Waals surface area contributed by atoms with Crippen LogP contribution >= 0.6 is 0 Å². The second-order valence-electron chi connectivity index (χ2n) is 6.15. The Kier molecular flexibility index (Phi) is 4.99. The number of carboxylic acids is 1. The van der Waals surface area contributed by atoms with Crippen molar-refractivity contribution >= 4 is 11.9 Å². The Morgan fingerprint density at radius 3 is 2.43 bits per heavy atom. The maximum Gasteiger partial charge on any atom is 0.306 e. The first-order valence-electron chi connectivity index (χ1n) is 7.61. The van der Waals surface area contributed by atoms with Gasteiger partial charge in [-0.25, -0.2) is 0 Å². The highest BCUT2D eigenvalue weighted by Crippen LogP contribution is 2.24. The van der Waals surface area contributed by atoms with Crippen LogP contribution in [0.4, 0.5) is 0 Å². The van der Waals surface area contributed by atoms with Crippen LogP contribution in [0.5, 0.6) is 0 Å². The third kappa shape index (κ3) is 4.06. The maximum atomic E-state index is 12.2. The molecule has 1 aromatic rings.